The summed E-state index contributed by atoms with van der Waals surface area (Å²) >= 11 is 6.62. The second-order valence-corrected chi connectivity index (χ2v) is 5.22. The molecule has 0 bridgehead atoms. The quantitative estimate of drug-likeness (QED) is 0.843. The maximum Gasteiger partial charge on any atom is 0.183 e. The highest BCUT2D eigenvalue weighted by Crippen LogP contribution is 2.27. The molecule has 2 aromatic rings. The van der Waals surface area contributed by atoms with Gasteiger partial charge in [-0.2, -0.15) is 0 Å². The summed E-state index contributed by atoms with van der Waals surface area (Å²) in [6, 6.07) is 6.53. The Hall–Kier alpha value is -0.810. The third-order valence-corrected chi connectivity index (χ3v) is 4.05. The van der Waals surface area contributed by atoms with E-state index >= 15 is 0 Å². The predicted octanol–water partition coefficient (Wildman–Crippen LogP) is 4.86. The lowest BCUT2D eigenvalue weighted by Gasteiger charge is -2.07. The largest absolute Gasteiger partial charge is 0.451 e. The molecule has 0 unspecified atom stereocenters. The van der Waals surface area contributed by atoms with Crippen molar-refractivity contribution in [2.75, 3.05) is 5.32 Å². The van der Waals surface area contributed by atoms with Crippen LogP contribution in [0.15, 0.2) is 37.8 Å². The Kier molecular flexibility index (Phi) is 3.89. The standard InChI is InChI=1S/C12H10Br2FNO/c1-7-4-8(15)2-3-11(7)16-6-9-5-10(13)12(14)17-9/h2-5,16H,6H2,1H3. The monoisotopic (exact) mass is 361 g/mol. The fraction of sp³-hybridized carbons (Fsp3) is 0.167. The van der Waals surface area contributed by atoms with Gasteiger partial charge in [0, 0.05) is 5.69 Å². The van der Waals surface area contributed by atoms with E-state index in [2.05, 4.69) is 37.2 Å². The molecule has 1 aromatic carbocycles. The summed E-state index contributed by atoms with van der Waals surface area (Å²) in [4.78, 5) is 0. The van der Waals surface area contributed by atoms with Crippen molar-refractivity contribution in [2.24, 2.45) is 0 Å². The zero-order valence-electron chi connectivity index (χ0n) is 9.06. The van der Waals surface area contributed by atoms with Crippen molar-refractivity contribution < 1.29 is 8.81 Å². The number of halogens is 3. The van der Waals surface area contributed by atoms with E-state index in [9.17, 15) is 4.39 Å². The Morgan fingerprint density at radius 3 is 2.65 bits per heavy atom. The molecule has 17 heavy (non-hydrogen) atoms. The van der Waals surface area contributed by atoms with Crippen molar-refractivity contribution in [1.82, 2.24) is 0 Å². The smallest absolute Gasteiger partial charge is 0.183 e. The Morgan fingerprint density at radius 2 is 2.06 bits per heavy atom. The molecule has 90 valence electrons. The predicted molar refractivity (Wildman–Crippen MR) is 72.6 cm³/mol. The van der Waals surface area contributed by atoms with E-state index < -0.39 is 0 Å². The zero-order chi connectivity index (χ0) is 12.4. The van der Waals surface area contributed by atoms with Crippen LogP contribution in [0, 0.1) is 12.7 Å². The van der Waals surface area contributed by atoms with Gasteiger partial charge in [-0.05, 0) is 68.6 Å². The van der Waals surface area contributed by atoms with Crippen LogP contribution < -0.4 is 5.32 Å². The highest BCUT2D eigenvalue weighted by Gasteiger charge is 2.06. The average Bonchev–Trinajstić information content (AvgIpc) is 2.57. The van der Waals surface area contributed by atoms with Gasteiger partial charge in [-0.25, -0.2) is 4.39 Å². The summed E-state index contributed by atoms with van der Waals surface area (Å²) < 4.78 is 19.9. The summed E-state index contributed by atoms with van der Waals surface area (Å²) in [6.07, 6.45) is 0. The van der Waals surface area contributed by atoms with Gasteiger partial charge in [0.2, 0.25) is 0 Å². The van der Waals surface area contributed by atoms with Gasteiger partial charge < -0.3 is 9.73 Å². The number of rotatable bonds is 3. The van der Waals surface area contributed by atoms with Crippen LogP contribution in [-0.2, 0) is 6.54 Å². The van der Waals surface area contributed by atoms with Crippen LogP contribution in [0.3, 0.4) is 0 Å². The average molecular weight is 363 g/mol. The van der Waals surface area contributed by atoms with Crippen molar-refractivity contribution >= 4 is 37.5 Å². The first-order valence-electron chi connectivity index (χ1n) is 5.00. The van der Waals surface area contributed by atoms with Gasteiger partial charge in [-0.3, -0.25) is 0 Å². The molecule has 2 nitrogen and oxygen atoms in total. The molecule has 0 fully saturated rings. The minimum absolute atomic E-state index is 0.225. The maximum atomic E-state index is 12.9. The normalized spacial score (nSPS) is 10.6. The molecule has 0 aliphatic heterocycles. The molecular weight excluding hydrogens is 353 g/mol. The Bertz CT molecular complexity index is 520. The van der Waals surface area contributed by atoms with Crippen molar-refractivity contribution in [3.8, 4) is 0 Å². The summed E-state index contributed by atoms with van der Waals surface area (Å²) in [5.74, 6) is 0.573. The molecule has 0 aliphatic carbocycles. The molecule has 1 heterocycles. The van der Waals surface area contributed by atoms with E-state index in [1.54, 1.807) is 6.07 Å². The molecule has 1 N–H and O–H groups in total. The van der Waals surface area contributed by atoms with Crippen LogP contribution >= 0.6 is 31.9 Å². The first-order chi connectivity index (χ1) is 8.06. The Labute approximate surface area is 115 Å². The van der Waals surface area contributed by atoms with Crippen LogP contribution in [0.25, 0.3) is 0 Å². The third kappa shape index (κ3) is 3.10. The number of anilines is 1. The summed E-state index contributed by atoms with van der Waals surface area (Å²) in [5, 5.41) is 3.19. The molecule has 1 aromatic heterocycles. The molecule has 0 aliphatic rings. The van der Waals surface area contributed by atoms with Gasteiger partial charge >= 0.3 is 0 Å². The second kappa shape index (κ2) is 5.23. The molecule has 0 amide bonds. The Balaban J connectivity index is 2.07. The van der Waals surface area contributed by atoms with E-state index in [-0.39, 0.29) is 5.82 Å². The molecule has 0 atom stereocenters. The van der Waals surface area contributed by atoms with E-state index in [1.165, 1.54) is 12.1 Å². The molecular formula is C12H10Br2FNO. The summed E-state index contributed by atoms with van der Waals surface area (Å²) in [5.41, 5.74) is 1.77. The fourth-order valence-corrected chi connectivity index (χ4v) is 2.14. The van der Waals surface area contributed by atoms with E-state index in [0.29, 0.717) is 11.2 Å². The highest BCUT2D eigenvalue weighted by atomic mass is 79.9. The molecule has 0 saturated heterocycles. The maximum absolute atomic E-state index is 12.9. The lowest BCUT2D eigenvalue weighted by atomic mass is 10.2. The lowest BCUT2D eigenvalue weighted by Crippen LogP contribution is -2.00. The van der Waals surface area contributed by atoms with Crippen LogP contribution in [0.5, 0.6) is 0 Å². The fourth-order valence-electron chi connectivity index (χ4n) is 1.49. The summed E-state index contributed by atoms with van der Waals surface area (Å²) in [6.45, 7) is 2.41. The van der Waals surface area contributed by atoms with E-state index in [4.69, 9.17) is 4.42 Å². The number of nitrogens with one attached hydrogen (secondary N) is 1. The molecule has 0 saturated carbocycles. The van der Waals surface area contributed by atoms with Crippen molar-refractivity contribution in [2.45, 2.75) is 13.5 Å². The van der Waals surface area contributed by atoms with E-state index in [1.807, 2.05) is 13.0 Å². The van der Waals surface area contributed by atoms with Crippen molar-refractivity contribution in [3.05, 3.63) is 50.5 Å². The van der Waals surface area contributed by atoms with Gasteiger partial charge in [0.25, 0.3) is 0 Å². The third-order valence-electron chi connectivity index (χ3n) is 2.34. The minimum Gasteiger partial charge on any atom is -0.451 e. The first-order valence-corrected chi connectivity index (χ1v) is 6.58. The number of hydrogen-bond acceptors (Lipinski definition) is 2. The molecule has 2 rings (SSSR count). The van der Waals surface area contributed by atoms with Gasteiger partial charge in [0.15, 0.2) is 4.67 Å². The first kappa shape index (κ1) is 12.6. The topological polar surface area (TPSA) is 25.2 Å². The van der Waals surface area contributed by atoms with Crippen LogP contribution in [0.4, 0.5) is 10.1 Å². The van der Waals surface area contributed by atoms with Gasteiger partial charge in [-0.15, -0.1) is 0 Å². The van der Waals surface area contributed by atoms with Crippen LogP contribution in [-0.4, -0.2) is 0 Å². The molecule has 0 radical (unpaired) electrons. The van der Waals surface area contributed by atoms with Crippen molar-refractivity contribution in [1.29, 1.82) is 0 Å². The molecule has 5 heteroatoms. The van der Waals surface area contributed by atoms with Gasteiger partial charge in [0.05, 0.1) is 11.0 Å². The molecule has 0 spiro atoms. The van der Waals surface area contributed by atoms with Crippen LogP contribution in [0.2, 0.25) is 0 Å². The van der Waals surface area contributed by atoms with Gasteiger partial charge in [-0.1, -0.05) is 0 Å². The zero-order valence-corrected chi connectivity index (χ0v) is 12.2. The minimum atomic E-state index is -0.225. The van der Waals surface area contributed by atoms with E-state index in [0.717, 1.165) is 21.5 Å². The highest BCUT2D eigenvalue weighted by molar-refractivity contribution is 9.13. The number of furan rings is 1. The van der Waals surface area contributed by atoms with Gasteiger partial charge in [0.1, 0.15) is 11.6 Å². The lowest BCUT2D eigenvalue weighted by molar-refractivity contribution is 0.494. The second-order valence-electron chi connectivity index (χ2n) is 3.65. The number of benzene rings is 1. The number of hydrogen-bond donors (Lipinski definition) is 1. The van der Waals surface area contributed by atoms with Crippen LogP contribution in [0.1, 0.15) is 11.3 Å². The Morgan fingerprint density at radius 1 is 1.29 bits per heavy atom. The summed E-state index contributed by atoms with van der Waals surface area (Å²) in [7, 11) is 0. The SMILES string of the molecule is Cc1cc(F)ccc1NCc1cc(Br)c(Br)o1. The van der Waals surface area contributed by atoms with Crippen molar-refractivity contribution in [3.63, 3.8) is 0 Å². The number of aryl methyl sites for hydroxylation is 1.